The Morgan fingerprint density at radius 2 is 1.93 bits per heavy atom. The minimum atomic E-state index is 0.169. The van der Waals surface area contributed by atoms with E-state index in [4.69, 9.17) is 0 Å². The van der Waals surface area contributed by atoms with Crippen molar-refractivity contribution in [3.05, 3.63) is 35.8 Å². The highest BCUT2D eigenvalue weighted by atomic mass is 15.0. The molecule has 0 bridgehead atoms. The van der Waals surface area contributed by atoms with E-state index in [1.165, 1.54) is 11.3 Å². The molecule has 2 heterocycles. The standard InChI is InChI=1S/C12H16N2/c1-9-7-13-11-6-5-10(12(2,3)4)14(11)8-9/h5-8H,1-4H3. The van der Waals surface area contributed by atoms with Gasteiger partial charge in [0.2, 0.25) is 0 Å². The van der Waals surface area contributed by atoms with E-state index >= 15 is 0 Å². The number of fused-ring (bicyclic) bond motifs is 1. The molecule has 0 aliphatic heterocycles. The largest absolute Gasteiger partial charge is 0.305 e. The third-order valence-electron chi connectivity index (χ3n) is 2.40. The van der Waals surface area contributed by atoms with Gasteiger partial charge in [-0.2, -0.15) is 0 Å². The maximum absolute atomic E-state index is 4.38. The molecule has 2 heteroatoms. The molecule has 2 aromatic heterocycles. The highest BCUT2D eigenvalue weighted by molar-refractivity contribution is 5.44. The Hall–Kier alpha value is -1.31. The van der Waals surface area contributed by atoms with Crippen LogP contribution in [0.15, 0.2) is 24.5 Å². The smallest absolute Gasteiger partial charge is 0.136 e. The van der Waals surface area contributed by atoms with Crippen LogP contribution in [0.4, 0.5) is 0 Å². The molecule has 0 aliphatic rings. The van der Waals surface area contributed by atoms with Crippen molar-refractivity contribution in [2.45, 2.75) is 33.1 Å². The number of aromatic nitrogens is 2. The van der Waals surface area contributed by atoms with Crippen molar-refractivity contribution in [2.24, 2.45) is 0 Å². The molecule has 74 valence electrons. The van der Waals surface area contributed by atoms with Gasteiger partial charge in [0.1, 0.15) is 5.65 Å². The van der Waals surface area contributed by atoms with Crippen molar-refractivity contribution in [3.8, 4) is 0 Å². The molecule has 0 fully saturated rings. The molecule has 0 radical (unpaired) electrons. The third-order valence-corrected chi connectivity index (χ3v) is 2.40. The molecule has 0 atom stereocenters. The Balaban J connectivity index is 2.73. The Labute approximate surface area is 84.6 Å². The van der Waals surface area contributed by atoms with Crippen LogP contribution in [0.25, 0.3) is 5.65 Å². The summed E-state index contributed by atoms with van der Waals surface area (Å²) >= 11 is 0. The second-order valence-electron chi connectivity index (χ2n) is 4.83. The lowest BCUT2D eigenvalue weighted by molar-refractivity contribution is 0.563. The molecule has 0 aromatic carbocycles. The number of hydrogen-bond donors (Lipinski definition) is 0. The van der Waals surface area contributed by atoms with Crippen molar-refractivity contribution in [1.29, 1.82) is 0 Å². The fourth-order valence-corrected chi connectivity index (χ4v) is 1.69. The minimum absolute atomic E-state index is 0.169. The first-order chi connectivity index (χ1) is 6.48. The second kappa shape index (κ2) is 2.84. The van der Waals surface area contributed by atoms with Crippen LogP contribution in [0.1, 0.15) is 32.0 Å². The summed E-state index contributed by atoms with van der Waals surface area (Å²) in [5.41, 5.74) is 3.70. The molecule has 0 aliphatic carbocycles. The average Bonchev–Trinajstić information content (AvgIpc) is 2.45. The molecule has 2 rings (SSSR count). The summed E-state index contributed by atoms with van der Waals surface area (Å²) in [4.78, 5) is 4.38. The van der Waals surface area contributed by atoms with E-state index in [-0.39, 0.29) is 5.41 Å². The predicted molar refractivity (Wildman–Crippen MR) is 58.6 cm³/mol. The molecular weight excluding hydrogens is 172 g/mol. The summed E-state index contributed by atoms with van der Waals surface area (Å²) in [5, 5.41) is 0. The molecule has 0 saturated carbocycles. The van der Waals surface area contributed by atoms with E-state index in [9.17, 15) is 0 Å². The van der Waals surface area contributed by atoms with E-state index in [0.717, 1.165) is 5.65 Å². The van der Waals surface area contributed by atoms with Crippen LogP contribution >= 0.6 is 0 Å². The number of rotatable bonds is 0. The van der Waals surface area contributed by atoms with Crippen LogP contribution in [0.2, 0.25) is 0 Å². The van der Waals surface area contributed by atoms with Crippen molar-refractivity contribution >= 4 is 5.65 Å². The Kier molecular flexibility index (Phi) is 1.88. The average molecular weight is 188 g/mol. The van der Waals surface area contributed by atoms with Crippen LogP contribution in [-0.2, 0) is 5.41 Å². The lowest BCUT2D eigenvalue weighted by Crippen LogP contribution is -2.14. The molecule has 0 amide bonds. The Morgan fingerprint density at radius 3 is 2.57 bits per heavy atom. The van der Waals surface area contributed by atoms with E-state index in [0.29, 0.717) is 0 Å². The van der Waals surface area contributed by atoms with Gasteiger partial charge in [0, 0.05) is 23.5 Å². The van der Waals surface area contributed by atoms with Crippen molar-refractivity contribution in [3.63, 3.8) is 0 Å². The number of hydrogen-bond acceptors (Lipinski definition) is 1. The van der Waals surface area contributed by atoms with Gasteiger partial charge in [-0.05, 0) is 24.6 Å². The highest BCUT2D eigenvalue weighted by Crippen LogP contribution is 2.23. The van der Waals surface area contributed by atoms with E-state index < -0.39 is 0 Å². The van der Waals surface area contributed by atoms with Crippen molar-refractivity contribution < 1.29 is 0 Å². The molecule has 0 unspecified atom stereocenters. The number of aryl methyl sites for hydroxylation is 1. The fraction of sp³-hybridized carbons (Fsp3) is 0.417. The van der Waals surface area contributed by atoms with Gasteiger partial charge in [0.15, 0.2) is 0 Å². The van der Waals surface area contributed by atoms with E-state index in [2.05, 4.69) is 55.4 Å². The van der Waals surface area contributed by atoms with Crippen LogP contribution in [-0.4, -0.2) is 9.38 Å². The monoisotopic (exact) mass is 188 g/mol. The third kappa shape index (κ3) is 1.41. The highest BCUT2D eigenvalue weighted by Gasteiger charge is 2.17. The zero-order valence-corrected chi connectivity index (χ0v) is 9.20. The number of nitrogens with zero attached hydrogens (tertiary/aromatic N) is 2. The van der Waals surface area contributed by atoms with Crippen molar-refractivity contribution in [1.82, 2.24) is 9.38 Å². The molecule has 2 nitrogen and oxygen atoms in total. The quantitative estimate of drug-likeness (QED) is 0.621. The van der Waals surface area contributed by atoms with Gasteiger partial charge < -0.3 is 4.40 Å². The van der Waals surface area contributed by atoms with Gasteiger partial charge in [0.25, 0.3) is 0 Å². The van der Waals surface area contributed by atoms with Crippen LogP contribution in [0.3, 0.4) is 0 Å². The summed E-state index contributed by atoms with van der Waals surface area (Å²) in [6.45, 7) is 8.73. The lowest BCUT2D eigenvalue weighted by Gasteiger charge is -2.18. The van der Waals surface area contributed by atoms with Crippen LogP contribution < -0.4 is 0 Å². The zero-order chi connectivity index (χ0) is 10.3. The van der Waals surface area contributed by atoms with Crippen molar-refractivity contribution in [2.75, 3.05) is 0 Å². The molecule has 2 aromatic rings. The normalized spacial score (nSPS) is 12.3. The first-order valence-electron chi connectivity index (χ1n) is 4.93. The zero-order valence-electron chi connectivity index (χ0n) is 9.20. The maximum Gasteiger partial charge on any atom is 0.136 e. The van der Waals surface area contributed by atoms with Gasteiger partial charge in [-0.15, -0.1) is 0 Å². The summed E-state index contributed by atoms with van der Waals surface area (Å²) in [5.74, 6) is 0. The topological polar surface area (TPSA) is 17.3 Å². The predicted octanol–water partition coefficient (Wildman–Crippen LogP) is 2.94. The summed E-state index contributed by atoms with van der Waals surface area (Å²) in [6, 6.07) is 4.22. The van der Waals surface area contributed by atoms with E-state index in [1.807, 2.05) is 6.20 Å². The van der Waals surface area contributed by atoms with Gasteiger partial charge in [-0.25, -0.2) is 4.98 Å². The summed E-state index contributed by atoms with van der Waals surface area (Å²) in [6.07, 6.45) is 4.05. The first kappa shape index (κ1) is 9.25. The SMILES string of the molecule is Cc1cnc2ccc(C(C)(C)C)n2c1. The van der Waals surface area contributed by atoms with Gasteiger partial charge in [-0.3, -0.25) is 0 Å². The van der Waals surface area contributed by atoms with Crippen LogP contribution in [0.5, 0.6) is 0 Å². The minimum Gasteiger partial charge on any atom is -0.305 e. The molecule has 0 saturated heterocycles. The van der Waals surface area contributed by atoms with Gasteiger partial charge in [0.05, 0.1) is 0 Å². The lowest BCUT2D eigenvalue weighted by atomic mass is 9.92. The summed E-state index contributed by atoms with van der Waals surface area (Å²) in [7, 11) is 0. The van der Waals surface area contributed by atoms with E-state index in [1.54, 1.807) is 0 Å². The molecule has 14 heavy (non-hydrogen) atoms. The summed E-state index contributed by atoms with van der Waals surface area (Å²) < 4.78 is 2.18. The van der Waals surface area contributed by atoms with Gasteiger partial charge in [-0.1, -0.05) is 20.8 Å². The Bertz CT molecular complexity index is 461. The second-order valence-corrected chi connectivity index (χ2v) is 4.83. The van der Waals surface area contributed by atoms with Crippen LogP contribution in [0, 0.1) is 6.92 Å². The fourth-order valence-electron chi connectivity index (χ4n) is 1.69. The molecule has 0 N–H and O–H groups in total. The molecule has 0 spiro atoms. The first-order valence-corrected chi connectivity index (χ1v) is 4.93. The van der Waals surface area contributed by atoms with Gasteiger partial charge >= 0.3 is 0 Å². The molecular formula is C12H16N2. The Morgan fingerprint density at radius 1 is 1.21 bits per heavy atom. The maximum atomic E-state index is 4.38.